The summed E-state index contributed by atoms with van der Waals surface area (Å²) in [6.07, 6.45) is 1.18. The fourth-order valence-corrected chi connectivity index (χ4v) is 2.45. The Morgan fingerprint density at radius 3 is 2.95 bits per heavy atom. The summed E-state index contributed by atoms with van der Waals surface area (Å²) < 4.78 is 5.31. The number of ether oxygens (including phenoxy) is 1. The lowest BCUT2D eigenvalue weighted by Gasteiger charge is -2.23. The molecule has 2 unspecified atom stereocenters. The third-order valence-corrected chi connectivity index (χ3v) is 4.04. The zero-order chi connectivity index (χ0) is 14.7. The number of halogens is 1. The SMILES string of the molecule is COC1CCN(C(C)C(=O)Nc2ccc(Cl)c(N)c2)C1. The maximum atomic E-state index is 12.2. The Kier molecular flexibility index (Phi) is 4.86. The summed E-state index contributed by atoms with van der Waals surface area (Å²) in [6.45, 7) is 3.55. The Morgan fingerprint density at radius 2 is 2.35 bits per heavy atom. The van der Waals surface area contributed by atoms with E-state index in [1.807, 2.05) is 6.92 Å². The summed E-state index contributed by atoms with van der Waals surface area (Å²) in [4.78, 5) is 14.3. The molecule has 1 aromatic rings. The molecule has 1 saturated heterocycles. The highest BCUT2D eigenvalue weighted by molar-refractivity contribution is 6.33. The van der Waals surface area contributed by atoms with Crippen molar-refractivity contribution in [3.63, 3.8) is 0 Å². The maximum Gasteiger partial charge on any atom is 0.241 e. The van der Waals surface area contributed by atoms with Gasteiger partial charge in [0.15, 0.2) is 0 Å². The van der Waals surface area contributed by atoms with Gasteiger partial charge in [-0.25, -0.2) is 0 Å². The van der Waals surface area contributed by atoms with Crippen molar-refractivity contribution >= 4 is 28.9 Å². The van der Waals surface area contributed by atoms with Crippen LogP contribution in [0, 0.1) is 0 Å². The number of nitrogens with one attached hydrogen (secondary N) is 1. The first-order valence-corrected chi connectivity index (χ1v) is 7.01. The Hall–Kier alpha value is -1.30. The van der Waals surface area contributed by atoms with E-state index in [0.717, 1.165) is 19.5 Å². The first kappa shape index (κ1) is 15.1. The van der Waals surface area contributed by atoms with Gasteiger partial charge in [-0.1, -0.05) is 11.6 Å². The van der Waals surface area contributed by atoms with Gasteiger partial charge in [0.05, 0.1) is 22.9 Å². The number of hydrogen-bond donors (Lipinski definition) is 2. The van der Waals surface area contributed by atoms with Gasteiger partial charge < -0.3 is 15.8 Å². The number of amides is 1. The van der Waals surface area contributed by atoms with Gasteiger partial charge in [0.1, 0.15) is 0 Å². The van der Waals surface area contributed by atoms with Crippen LogP contribution in [0.1, 0.15) is 13.3 Å². The second-order valence-electron chi connectivity index (χ2n) is 5.04. The summed E-state index contributed by atoms with van der Waals surface area (Å²) in [5.74, 6) is -0.0523. The second-order valence-corrected chi connectivity index (χ2v) is 5.45. The van der Waals surface area contributed by atoms with Gasteiger partial charge in [0, 0.05) is 25.9 Å². The number of rotatable bonds is 4. The van der Waals surface area contributed by atoms with Crippen molar-refractivity contribution in [2.45, 2.75) is 25.5 Å². The molecule has 0 saturated carbocycles. The first-order chi connectivity index (χ1) is 9.51. The van der Waals surface area contributed by atoms with E-state index in [1.54, 1.807) is 25.3 Å². The number of methoxy groups -OCH3 is 1. The lowest BCUT2D eigenvalue weighted by atomic mass is 10.2. The molecule has 0 aliphatic carbocycles. The molecule has 1 heterocycles. The van der Waals surface area contributed by atoms with Crippen LogP contribution in [0.25, 0.3) is 0 Å². The van der Waals surface area contributed by atoms with E-state index < -0.39 is 0 Å². The molecule has 0 bridgehead atoms. The molecular formula is C14H20ClN3O2. The van der Waals surface area contributed by atoms with Gasteiger partial charge in [0.25, 0.3) is 0 Å². The highest BCUT2D eigenvalue weighted by atomic mass is 35.5. The summed E-state index contributed by atoms with van der Waals surface area (Å²) in [5.41, 5.74) is 6.84. The molecule has 3 N–H and O–H groups in total. The molecule has 1 aliphatic heterocycles. The highest BCUT2D eigenvalue weighted by Crippen LogP contribution is 2.23. The maximum absolute atomic E-state index is 12.2. The lowest BCUT2D eigenvalue weighted by Crippen LogP contribution is -2.41. The number of nitrogens with two attached hydrogens (primary N) is 1. The van der Waals surface area contributed by atoms with Gasteiger partial charge in [0.2, 0.25) is 5.91 Å². The topological polar surface area (TPSA) is 67.6 Å². The monoisotopic (exact) mass is 297 g/mol. The molecule has 0 spiro atoms. The fourth-order valence-electron chi connectivity index (χ4n) is 2.33. The average molecular weight is 298 g/mol. The molecular weight excluding hydrogens is 278 g/mol. The highest BCUT2D eigenvalue weighted by Gasteiger charge is 2.29. The summed E-state index contributed by atoms with van der Waals surface area (Å²) in [6, 6.07) is 4.88. The minimum Gasteiger partial charge on any atom is -0.397 e. The molecule has 1 aromatic carbocycles. The minimum absolute atomic E-state index is 0.0523. The van der Waals surface area contributed by atoms with Crippen LogP contribution in [0.3, 0.4) is 0 Å². The average Bonchev–Trinajstić information content (AvgIpc) is 2.91. The van der Waals surface area contributed by atoms with Gasteiger partial charge in [-0.15, -0.1) is 0 Å². The van der Waals surface area contributed by atoms with Gasteiger partial charge in [-0.3, -0.25) is 9.69 Å². The molecule has 5 nitrogen and oxygen atoms in total. The number of carbonyl (C=O) groups is 1. The van der Waals surface area contributed by atoms with E-state index in [2.05, 4.69) is 10.2 Å². The standard InChI is InChI=1S/C14H20ClN3O2/c1-9(18-6-5-11(8-18)20-2)14(19)17-10-3-4-12(15)13(16)7-10/h3-4,7,9,11H,5-6,8,16H2,1-2H3,(H,17,19). The van der Waals surface area contributed by atoms with Crippen molar-refractivity contribution < 1.29 is 9.53 Å². The van der Waals surface area contributed by atoms with E-state index in [0.29, 0.717) is 16.4 Å². The molecule has 1 amide bonds. The van der Waals surface area contributed by atoms with Crippen LogP contribution in [-0.4, -0.2) is 43.2 Å². The van der Waals surface area contributed by atoms with Crippen LogP contribution in [0.2, 0.25) is 5.02 Å². The molecule has 20 heavy (non-hydrogen) atoms. The van der Waals surface area contributed by atoms with Crippen LogP contribution in [-0.2, 0) is 9.53 Å². The third-order valence-electron chi connectivity index (χ3n) is 3.70. The molecule has 6 heteroatoms. The fraction of sp³-hybridized carbons (Fsp3) is 0.500. The molecule has 1 fully saturated rings. The van der Waals surface area contributed by atoms with E-state index in [1.165, 1.54) is 0 Å². The van der Waals surface area contributed by atoms with Gasteiger partial charge in [-0.05, 0) is 31.5 Å². The summed E-state index contributed by atoms with van der Waals surface area (Å²) in [5, 5.41) is 3.34. The number of anilines is 2. The number of nitrogen functional groups attached to an aromatic ring is 1. The first-order valence-electron chi connectivity index (χ1n) is 6.64. The molecule has 0 radical (unpaired) electrons. The van der Waals surface area contributed by atoms with Crippen molar-refractivity contribution in [3.8, 4) is 0 Å². The van der Waals surface area contributed by atoms with Crippen molar-refractivity contribution in [2.75, 3.05) is 31.2 Å². The van der Waals surface area contributed by atoms with Crippen LogP contribution in [0.5, 0.6) is 0 Å². The van der Waals surface area contributed by atoms with E-state index in [-0.39, 0.29) is 18.1 Å². The van der Waals surface area contributed by atoms with Gasteiger partial charge >= 0.3 is 0 Å². The minimum atomic E-state index is -0.202. The number of carbonyl (C=O) groups excluding carboxylic acids is 1. The van der Waals surface area contributed by atoms with Crippen LogP contribution in [0.4, 0.5) is 11.4 Å². The Balaban J connectivity index is 1.95. The number of benzene rings is 1. The summed E-state index contributed by atoms with van der Waals surface area (Å²) in [7, 11) is 1.70. The lowest BCUT2D eigenvalue weighted by molar-refractivity contribution is -0.120. The second kappa shape index (κ2) is 6.43. The van der Waals surface area contributed by atoms with Crippen molar-refractivity contribution in [1.29, 1.82) is 0 Å². The van der Waals surface area contributed by atoms with E-state index in [4.69, 9.17) is 22.1 Å². The predicted octanol–water partition coefficient (Wildman–Crippen LogP) is 1.97. The van der Waals surface area contributed by atoms with Crippen LogP contribution >= 0.6 is 11.6 Å². The van der Waals surface area contributed by atoms with Gasteiger partial charge in [-0.2, -0.15) is 0 Å². The predicted molar refractivity (Wildman–Crippen MR) is 80.9 cm³/mol. The molecule has 0 aromatic heterocycles. The molecule has 2 rings (SSSR count). The molecule has 1 aliphatic rings. The Bertz CT molecular complexity index is 495. The van der Waals surface area contributed by atoms with Crippen molar-refractivity contribution in [3.05, 3.63) is 23.2 Å². The zero-order valence-corrected chi connectivity index (χ0v) is 12.5. The largest absolute Gasteiger partial charge is 0.397 e. The van der Waals surface area contributed by atoms with Crippen LogP contribution < -0.4 is 11.1 Å². The van der Waals surface area contributed by atoms with E-state index in [9.17, 15) is 4.79 Å². The van der Waals surface area contributed by atoms with Crippen LogP contribution in [0.15, 0.2) is 18.2 Å². The third kappa shape index (κ3) is 3.42. The number of nitrogens with zero attached hydrogens (tertiary/aromatic N) is 1. The zero-order valence-electron chi connectivity index (χ0n) is 11.7. The molecule has 2 atom stereocenters. The quantitative estimate of drug-likeness (QED) is 0.834. The Labute approximate surface area is 124 Å². The molecule has 110 valence electrons. The van der Waals surface area contributed by atoms with Crippen molar-refractivity contribution in [2.24, 2.45) is 0 Å². The van der Waals surface area contributed by atoms with Crippen molar-refractivity contribution in [1.82, 2.24) is 4.90 Å². The van der Waals surface area contributed by atoms with E-state index >= 15 is 0 Å². The Morgan fingerprint density at radius 1 is 1.60 bits per heavy atom. The normalized spacial score (nSPS) is 20.9. The number of likely N-dealkylation sites (tertiary alicyclic amines) is 1. The smallest absolute Gasteiger partial charge is 0.241 e. The summed E-state index contributed by atoms with van der Waals surface area (Å²) >= 11 is 5.86. The number of hydrogen-bond acceptors (Lipinski definition) is 4.